The predicted octanol–water partition coefficient (Wildman–Crippen LogP) is 4.11. The van der Waals surface area contributed by atoms with E-state index in [0.29, 0.717) is 24.4 Å². The van der Waals surface area contributed by atoms with Crippen molar-refractivity contribution >= 4 is 29.1 Å². The van der Waals surface area contributed by atoms with E-state index in [1.165, 1.54) is 11.3 Å². The Bertz CT molecular complexity index is 955. The van der Waals surface area contributed by atoms with Gasteiger partial charge < -0.3 is 20.5 Å². The number of hydrogen-bond donors (Lipinski definition) is 2. The van der Waals surface area contributed by atoms with Crippen molar-refractivity contribution in [1.82, 2.24) is 10.3 Å². The zero-order valence-electron chi connectivity index (χ0n) is 15.4. The highest BCUT2D eigenvalue weighted by atomic mass is 32.1. The fourth-order valence-corrected chi connectivity index (χ4v) is 3.23. The molecule has 3 N–H and O–H groups in total. The lowest BCUT2D eigenvalue weighted by atomic mass is 10.2. The molecule has 2 heterocycles. The largest absolute Gasteiger partial charge is 0.447 e. The maximum absolute atomic E-state index is 12.4. The number of thiophene rings is 1. The van der Waals surface area contributed by atoms with Crippen molar-refractivity contribution in [1.29, 1.82) is 0 Å². The van der Waals surface area contributed by atoms with E-state index in [0.717, 1.165) is 15.7 Å². The van der Waals surface area contributed by atoms with E-state index >= 15 is 0 Å². The molecule has 0 aliphatic carbocycles. The molecule has 0 aliphatic heterocycles. The first-order chi connectivity index (χ1) is 13.7. The van der Waals surface area contributed by atoms with Crippen LogP contribution in [0.2, 0.25) is 0 Å². The molecule has 0 spiro atoms. The number of nitrogen functional groups attached to an aromatic ring is 1. The second-order valence-corrected chi connectivity index (χ2v) is 6.98. The number of nitrogens with one attached hydrogen (secondary N) is 1. The quantitative estimate of drug-likeness (QED) is 0.599. The third-order valence-electron chi connectivity index (χ3n) is 3.76. The molecular formula is C21H21N3O3S. The van der Waals surface area contributed by atoms with Crippen molar-refractivity contribution in [3.63, 3.8) is 0 Å². The summed E-state index contributed by atoms with van der Waals surface area (Å²) in [5.74, 6) is 0.700. The van der Waals surface area contributed by atoms with Crippen LogP contribution < -0.4 is 15.8 Å². The summed E-state index contributed by atoms with van der Waals surface area (Å²) in [6, 6.07) is 16.8. The number of anilines is 1. The number of benzene rings is 1. The highest BCUT2D eigenvalue weighted by Gasteiger charge is 2.12. The van der Waals surface area contributed by atoms with Gasteiger partial charge in [-0.05, 0) is 42.5 Å². The first kappa shape index (κ1) is 19.6. The van der Waals surface area contributed by atoms with Gasteiger partial charge in [0.1, 0.15) is 11.6 Å². The van der Waals surface area contributed by atoms with Gasteiger partial charge in [0, 0.05) is 12.0 Å². The van der Waals surface area contributed by atoms with Crippen molar-refractivity contribution in [2.75, 3.05) is 19.5 Å². The lowest BCUT2D eigenvalue weighted by molar-refractivity contribution is 0.0952. The molecule has 0 unspecified atom stereocenters. The lowest BCUT2D eigenvalue weighted by Gasteiger charge is -2.07. The minimum atomic E-state index is -0.267. The third kappa shape index (κ3) is 5.42. The summed E-state index contributed by atoms with van der Waals surface area (Å²) in [4.78, 5) is 17.6. The number of para-hydroxylation sites is 1. The summed E-state index contributed by atoms with van der Waals surface area (Å²) in [5.41, 5.74) is 6.95. The normalized spacial score (nSPS) is 10.9. The Kier molecular flexibility index (Phi) is 6.78. The van der Waals surface area contributed by atoms with Crippen molar-refractivity contribution in [3.05, 3.63) is 76.8 Å². The number of hydrogen-bond acceptors (Lipinski definition) is 6. The molecule has 7 heteroatoms. The first-order valence-electron chi connectivity index (χ1n) is 8.67. The number of rotatable bonds is 8. The summed E-state index contributed by atoms with van der Waals surface area (Å²) in [7, 11) is 1.61. The molecular weight excluding hydrogens is 374 g/mol. The van der Waals surface area contributed by atoms with Crippen molar-refractivity contribution < 1.29 is 14.3 Å². The number of aromatic nitrogens is 1. The van der Waals surface area contributed by atoms with Gasteiger partial charge in [-0.1, -0.05) is 24.3 Å². The van der Waals surface area contributed by atoms with Gasteiger partial charge in [-0.25, -0.2) is 4.98 Å². The second-order valence-electron chi connectivity index (χ2n) is 5.85. The van der Waals surface area contributed by atoms with Crippen LogP contribution in [0.15, 0.2) is 60.7 Å². The molecule has 0 saturated carbocycles. The minimum absolute atomic E-state index is 0.191. The number of methoxy groups -OCH3 is 1. The van der Waals surface area contributed by atoms with Gasteiger partial charge in [0.25, 0.3) is 5.91 Å². The Labute approximate surface area is 167 Å². The minimum Gasteiger partial charge on any atom is -0.447 e. The third-order valence-corrected chi connectivity index (χ3v) is 4.73. The topological polar surface area (TPSA) is 86.5 Å². The van der Waals surface area contributed by atoms with Crippen LogP contribution in [0, 0.1) is 0 Å². The molecule has 1 aromatic carbocycles. The van der Waals surface area contributed by atoms with Crippen LogP contribution in [0.1, 0.15) is 20.9 Å². The molecule has 0 fully saturated rings. The number of ether oxygens (including phenoxy) is 2. The number of carbonyl (C=O) groups is 1. The Morgan fingerprint density at radius 3 is 2.75 bits per heavy atom. The number of nitrogens with zero attached hydrogens (tertiary/aromatic N) is 1. The van der Waals surface area contributed by atoms with Crippen LogP contribution in [-0.4, -0.2) is 24.6 Å². The van der Waals surface area contributed by atoms with Gasteiger partial charge >= 0.3 is 0 Å². The molecule has 0 aliphatic rings. The molecule has 28 heavy (non-hydrogen) atoms. The van der Waals surface area contributed by atoms with E-state index in [1.807, 2.05) is 48.5 Å². The van der Waals surface area contributed by atoms with Crippen LogP contribution >= 0.6 is 11.3 Å². The highest BCUT2D eigenvalue weighted by molar-refractivity contribution is 7.13. The fraction of sp³-hybridized carbons (Fsp3) is 0.143. The van der Waals surface area contributed by atoms with Crippen molar-refractivity contribution in [2.24, 2.45) is 0 Å². The average molecular weight is 395 g/mol. The molecule has 1 amide bonds. The Balaban J connectivity index is 1.57. The fourth-order valence-electron chi connectivity index (χ4n) is 2.42. The van der Waals surface area contributed by atoms with Gasteiger partial charge in [0.2, 0.25) is 0 Å². The van der Waals surface area contributed by atoms with Crippen LogP contribution in [0.5, 0.6) is 10.8 Å². The van der Waals surface area contributed by atoms with Crippen molar-refractivity contribution in [3.8, 4) is 10.8 Å². The number of amides is 1. The van der Waals surface area contributed by atoms with Crippen LogP contribution in [0.25, 0.3) is 6.08 Å². The molecule has 3 aromatic rings. The van der Waals surface area contributed by atoms with Crippen molar-refractivity contribution in [2.45, 2.75) is 6.54 Å². The van der Waals surface area contributed by atoms with E-state index in [1.54, 1.807) is 25.3 Å². The molecule has 3 rings (SSSR count). The molecule has 144 valence electrons. The average Bonchev–Trinajstić information content (AvgIpc) is 3.14. The molecule has 0 radical (unpaired) electrons. The van der Waals surface area contributed by atoms with Gasteiger partial charge in [0.05, 0.1) is 24.4 Å². The summed E-state index contributed by atoms with van der Waals surface area (Å²) in [5, 5.41) is 3.63. The van der Waals surface area contributed by atoms with E-state index in [2.05, 4.69) is 10.3 Å². The SMILES string of the molecule is COC/C=C\c1ccc(C(=O)NCc2ccc(Oc3ccccc3)s2)c(N)n1. The molecule has 0 bridgehead atoms. The standard InChI is InChI=1S/C21H21N3O3S/c1-26-13-5-6-15-9-11-18(20(22)24-15)21(25)23-14-17-10-12-19(28-17)27-16-7-3-2-4-8-16/h2-12H,13-14H2,1H3,(H2,22,24)(H,23,25)/b6-5-. The number of carbonyl (C=O) groups excluding carboxylic acids is 1. The van der Waals surface area contributed by atoms with Crippen LogP contribution in [0.3, 0.4) is 0 Å². The maximum Gasteiger partial charge on any atom is 0.255 e. The summed E-state index contributed by atoms with van der Waals surface area (Å²) in [6.07, 6.45) is 3.62. The molecule has 6 nitrogen and oxygen atoms in total. The van der Waals surface area contributed by atoms with Crippen LogP contribution in [-0.2, 0) is 11.3 Å². The Hall–Kier alpha value is -3.16. The number of pyridine rings is 1. The van der Waals surface area contributed by atoms with E-state index in [-0.39, 0.29) is 11.7 Å². The maximum atomic E-state index is 12.4. The zero-order chi connectivity index (χ0) is 19.8. The Morgan fingerprint density at radius 2 is 2.00 bits per heavy atom. The molecule has 0 saturated heterocycles. The smallest absolute Gasteiger partial charge is 0.255 e. The molecule has 2 aromatic heterocycles. The van der Waals surface area contributed by atoms with Gasteiger partial charge in [-0.2, -0.15) is 0 Å². The van der Waals surface area contributed by atoms with E-state index in [4.69, 9.17) is 15.2 Å². The summed E-state index contributed by atoms with van der Waals surface area (Å²) >= 11 is 1.48. The summed E-state index contributed by atoms with van der Waals surface area (Å²) in [6.45, 7) is 0.872. The van der Waals surface area contributed by atoms with Gasteiger partial charge in [-0.15, -0.1) is 11.3 Å². The first-order valence-corrected chi connectivity index (χ1v) is 9.49. The highest BCUT2D eigenvalue weighted by Crippen LogP contribution is 2.29. The summed E-state index contributed by atoms with van der Waals surface area (Å²) < 4.78 is 10.7. The lowest BCUT2D eigenvalue weighted by Crippen LogP contribution is -2.23. The van der Waals surface area contributed by atoms with Crippen LogP contribution in [0.4, 0.5) is 5.82 Å². The Morgan fingerprint density at radius 1 is 1.18 bits per heavy atom. The van der Waals surface area contributed by atoms with E-state index < -0.39 is 0 Å². The second kappa shape index (κ2) is 9.68. The molecule has 0 atom stereocenters. The van der Waals surface area contributed by atoms with E-state index in [9.17, 15) is 4.79 Å². The zero-order valence-corrected chi connectivity index (χ0v) is 16.2. The van der Waals surface area contributed by atoms with Gasteiger partial charge in [-0.3, -0.25) is 4.79 Å². The predicted molar refractivity (Wildman–Crippen MR) is 112 cm³/mol. The number of nitrogens with two attached hydrogens (primary N) is 1. The van der Waals surface area contributed by atoms with Gasteiger partial charge in [0.15, 0.2) is 5.06 Å². The monoisotopic (exact) mass is 395 g/mol.